The quantitative estimate of drug-likeness (QED) is 0.870. The summed E-state index contributed by atoms with van der Waals surface area (Å²) in [5.74, 6) is 1.21. The molecular formula is C13H23N3O2S. The number of likely N-dealkylation sites (N-methyl/N-ethyl adjacent to an activating group) is 1. The Bertz CT molecular complexity index is 403. The first-order chi connectivity index (χ1) is 9.11. The number of nitrogen functional groups attached to an aromatic ring is 1. The van der Waals surface area contributed by atoms with Gasteiger partial charge in [0.05, 0.1) is 12.2 Å². The second-order valence-electron chi connectivity index (χ2n) is 5.04. The Morgan fingerprint density at radius 1 is 1.58 bits per heavy atom. The Morgan fingerprint density at radius 2 is 2.37 bits per heavy atom. The molecule has 2 N–H and O–H groups in total. The molecule has 1 atom stereocenters. The number of nitrogens with zero attached hydrogens (tertiary/aromatic N) is 2. The number of nitrogens with two attached hydrogens (primary N) is 1. The number of hydrogen-bond donors (Lipinski definition) is 1. The molecule has 1 unspecified atom stereocenters. The number of ether oxygens (including phenoxy) is 2. The van der Waals surface area contributed by atoms with E-state index < -0.39 is 0 Å². The van der Waals surface area contributed by atoms with E-state index >= 15 is 0 Å². The van der Waals surface area contributed by atoms with Crippen molar-refractivity contribution < 1.29 is 9.47 Å². The van der Waals surface area contributed by atoms with Gasteiger partial charge in [-0.05, 0) is 45.1 Å². The van der Waals surface area contributed by atoms with Crippen molar-refractivity contribution in [3.63, 3.8) is 0 Å². The molecule has 6 heteroatoms. The molecular weight excluding hydrogens is 262 g/mol. The fraction of sp³-hybridized carbons (Fsp3) is 0.769. The van der Waals surface area contributed by atoms with Gasteiger partial charge in [0.2, 0.25) is 0 Å². The maximum absolute atomic E-state index is 5.91. The van der Waals surface area contributed by atoms with Gasteiger partial charge in [-0.2, -0.15) is 4.37 Å². The lowest BCUT2D eigenvalue weighted by molar-refractivity contribution is 0.115. The standard InChI is InChI=1S/C13H23N3O2S/c1-4-16(8-10-6-5-7-17-10)13-11(18-9(2)3)12(14)15-19-13/h9-10H,4-8H2,1-3H3,(H2,14,15). The Balaban J connectivity index is 2.12. The molecule has 0 bridgehead atoms. The lowest BCUT2D eigenvalue weighted by atomic mass is 10.2. The first kappa shape index (κ1) is 14.4. The van der Waals surface area contributed by atoms with Crippen molar-refractivity contribution in [3.05, 3.63) is 0 Å². The van der Waals surface area contributed by atoms with E-state index in [4.69, 9.17) is 15.2 Å². The minimum absolute atomic E-state index is 0.0962. The summed E-state index contributed by atoms with van der Waals surface area (Å²) in [5.41, 5.74) is 5.91. The molecule has 0 saturated carbocycles. The van der Waals surface area contributed by atoms with Crippen molar-refractivity contribution in [1.82, 2.24) is 4.37 Å². The molecule has 0 amide bonds. The van der Waals surface area contributed by atoms with Crippen LogP contribution in [0.25, 0.3) is 0 Å². The van der Waals surface area contributed by atoms with Crippen LogP contribution >= 0.6 is 11.5 Å². The maximum Gasteiger partial charge on any atom is 0.198 e. The normalized spacial score (nSPS) is 19.1. The monoisotopic (exact) mass is 285 g/mol. The van der Waals surface area contributed by atoms with Crippen LogP contribution < -0.4 is 15.4 Å². The van der Waals surface area contributed by atoms with Crippen molar-refractivity contribution in [3.8, 4) is 5.75 Å². The Hall–Kier alpha value is -1.01. The van der Waals surface area contributed by atoms with E-state index in [0.29, 0.717) is 11.9 Å². The van der Waals surface area contributed by atoms with E-state index in [1.807, 2.05) is 13.8 Å². The molecule has 1 fully saturated rings. The molecule has 5 nitrogen and oxygen atoms in total. The van der Waals surface area contributed by atoms with Crippen LogP contribution in [-0.4, -0.2) is 36.3 Å². The van der Waals surface area contributed by atoms with Gasteiger partial charge in [0.1, 0.15) is 0 Å². The maximum atomic E-state index is 5.91. The highest BCUT2D eigenvalue weighted by Crippen LogP contribution is 2.39. The van der Waals surface area contributed by atoms with Gasteiger partial charge in [-0.1, -0.05) is 0 Å². The SMILES string of the molecule is CCN(CC1CCCO1)c1snc(N)c1OC(C)C. The molecule has 0 aromatic carbocycles. The van der Waals surface area contributed by atoms with Crippen LogP contribution in [0.3, 0.4) is 0 Å². The van der Waals surface area contributed by atoms with E-state index in [1.54, 1.807) is 0 Å². The van der Waals surface area contributed by atoms with Crippen LogP contribution in [0.1, 0.15) is 33.6 Å². The minimum Gasteiger partial charge on any atom is -0.484 e. The molecule has 1 aromatic heterocycles. The predicted octanol–water partition coefficient (Wildman–Crippen LogP) is 2.52. The number of hydrogen-bond acceptors (Lipinski definition) is 6. The molecule has 1 aliphatic rings. The second-order valence-corrected chi connectivity index (χ2v) is 5.79. The van der Waals surface area contributed by atoms with Crippen LogP contribution in [0, 0.1) is 0 Å². The largest absolute Gasteiger partial charge is 0.484 e. The van der Waals surface area contributed by atoms with E-state index in [-0.39, 0.29) is 6.10 Å². The molecule has 108 valence electrons. The molecule has 2 heterocycles. The highest BCUT2D eigenvalue weighted by molar-refractivity contribution is 7.11. The zero-order chi connectivity index (χ0) is 13.8. The first-order valence-corrected chi connectivity index (χ1v) is 7.67. The fourth-order valence-electron chi connectivity index (χ4n) is 2.22. The average molecular weight is 285 g/mol. The lowest BCUT2D eigenvalue weighted by Crippen LogP contribution is -2.31. The van der Waals surface area contributed by atoms with Crippen LogP contribution in [0.5, 0.6) is 5.75 Å². The number of rotatable bonds is 6. The lowest BCUT2D eigenvalue weighted by Gasteiger charge is -2.25. The summed E-state index contributed by atoms with van der Waals surface area (Å²) in [6, 6.07) is 0. The summed E-state index contributed by atoms with van der Waals surface area (Å²) >= 11 is 1.40. The van der Waals surface area contributed by atoms with Crippen molar-refractivity contribution in [2.45, 2.75) is 45.8 Å². The van der Waals surface area contributed by atoms with Crippen LogP contribution in [0.4, 0.5) is 10.8 Å². The first-order valence-electron chi connectivity index (χ1n) is 6.90. The molecule has 0 spiro atoms. The van der Waals surface area contributed by atoms with Gasteiger partial charge in [0.25, 0.3) is 0 Å². The highest BCUT2D eigenvalue weighted by Gasteiger charge is 2.24. The van der Waals surface area contributed by atoms with E-state index in [2.05, 4.69) is 16.2 Å². The van der Waals surface area contributed by atoms with Gasteiger partial charge in [-0.15, -0.1) is 0 Å². The molecule has 1 aromatic rings. The van der Waals surface area contributed by atoms with Gasteiger partial charge < -0.3 is 20.1 Å². The van der Waals surface area contributed by atoms with Crippen molar-refractivity contribution in [1.29, 1.82) is 0 Å². The molecule has 1 aliphatic heterocycles. The van der Waals surface area contributed by atoms with Gasteiger partial charge in [0.15, 0.2) is 16.6 Å². The van der Waals surface area contributed by atoms with Crippen molar-refractivity contribution in [2.75, 3.05) is 30.3 Å². The van der Waals surface area contributed by atoms with E-state index in [1.165, 1.54) is 11.5 Å². The molecule has 0 aliphatic carbocycles. The topological polar surface area (TPSA) is 60.6 Å². The number of aromatic nitrogens is 1. The van der Waals surface area contributed by atoms with E-state index in [9.17, 15) is 0 Å². The zero-order valence-corrected chi connectivity index (χ0v) is 12.7. The Morgan fingerprint density at radius 3 is 2.95 bits per heavy atom. The third-order valence-corrected chi connectivity index (χ3v) is 4.03. The van der Waals surface area contributed by atoms with Crippen LogP contribution in [0.15, 0.2) is 0 Å². The predicted molar refractivity (Wildman–Crippen MR) is 79.2 cm³/mol. The summed E-state index contributed by atoms with van der Waals surface area (Å²) < 4.78 is 15.7. The summed E-state index contributed by atoms with van der Waals surface area (Å²) in [7, 11) is 0. The summed E-state index contributed by atoms with van der Waals surface area (Å²) in [5, 5.41) is 1.02. The smallest absolute Gasteiger partial charge is 0.198 e. The van der Waals surface area contributed by atoms with Gasteiger partial charge in [-0.3, -0.25) is 0 Å². The van der Waals surface area contributed by atoms with Crippen LogP contribution in [0.2, 0.25) is 0 Å². The summed E-state index contributed by atoms with van der Waals surface area (Å²) in [6.45, 7) is 8.78. The van der Waals surface area contributed by atoms with Crippen molar-refractivity contribution in [2.24, 2.45) is 0 Å². The average Bonchev–Trinajstić information content (AvgIpc) is 2.98. The van der Waals surface area contributed by atoms with Crippen molar-refractivity contribution >= 4 is 22.4 Å². The molecule has 0 radical (unpaired) electrons. The highest BCUT2D eigenvalue weighted by atomic mass is 32.1. The third-order valence-electron chi connectivity index (χ3n) is 3.13. The van der Waals surface area contributed by atoms with Gasteiger partial charge >= 0.3 is 0 Å². The molecule has 1 saturated heterocycles. The summed E-state index contributed by atoms with van der Waals surface area (Å²) in [6.07, 6.45) is 2.70. The molecule has 19 heavy (non-hydrogen) atoms. The van der Waals surface area contributed by atoms with E-state index in [0.717, 1.165) is 43.3 Å². The van der Waals surface area contributed by atoms with Gasteiger partial charge in [-0.25, -0.2) is 0 Å². The Labute approximate surface area is 118 Å². The fourth-order valence-corrected chi connectivity index (χ4v) is 3.04. The Kier molecular flexibility index (Phi) is 4.87. The zero-order valence-electron chi connectivity index (χ0n) is 11.9. The minimum atomic E-state index is 0.0962. The van der Waals surface area contributed by atoms with Crippen LogP contribution in [-0.2, 0) is 4.74 Å². The third kappa shape index (κ3) is 3.51. The molecule has 2 rings (SSSR count). The second kappa shape index (κ2) is 6.43. The summed E-state index contributed by atoms with van der Waals surface area (Å²) in [4.78, 5) is 2.25. The van der Waals surface area contributed by atoms with Gasteiger partial charge in [0, 0.05) is 19.7 Å². The number of anilines is 2.